The number of aryl methyl sites for hydroxylation is 1. The normalized spacial score (nSPS) is 19.2. The van der Waals surface area contributed by atoms with Crippen molar-refractivity contribution in [3.63, 3.8) is 0 Å². The first-order chi connectivity index (χ1) is 9.97. The summed E-state index contributed by atoms with van der Waals surface area (Å²) < 4.78 is 13.4. The molecule has 1 aliphatic heterocycles. The molecule has 2 amide bonds. The largest absolute Gasteiger partial charge is 0.368 e. The molecule has 0 saturated carbocycles. The second-order valence-corrected chi connectivity index (χ2v) is 5.10. The molecular weight excluding hydrogens is 275 g/mol. The maximum Gasteiger partial charge on any atom is 0.238 e. The van der Waals surface area contributed by atoms with E-state index in [1.165, 1.54) is 6.07 Å². The van der Waals surface area contributed by atoms with Gasteiger partial charge in [-0.15, -0.1) is 0 Å². The van der Waals surface area contributed by atoms with Gasteiger partial charge in [0.2, 0.25) is 11.8 Å². The fourth-order valence-electron chi connectivity index (χ4n) is 2.27. The van der Waals surface area contributed by atoms with E-state index in [2.05, 4.69) is 10.6 Å². The highest BCUT2D eigenvalue weighted by Gasteiger charge is 2.28. The lowest BCUT2D eigenvalue weighted by Crippen LogP contribution is -2.58. The third-order valence-corrected chi connectivity index (χ3v) is 3.48. The molecule has 2 rings (SSSR count). The molecule has 1 aliphatic rings. The van der Waals surface area contributed by atoms with Crippen LogP contribution in [0.1, 0.15) is 5.56 Å². The fraction of sp³-hybridized carbons (Fsp3) is 0.429. The predicted molar refractivity (Wildman–Crippen MR) is 77.2 cm³/mol. The molecule has 1 atom stereocenters. The zero-order valence-corrected chi connectivity index (χ0v) is 11.9. The maximum absolute atomic E-state index is 13.4. The van der Waals surface area contributed by atoms with Crippen LogP contribution in [0.25, 0.3) is 0 Å². The van der Waals surface area contributed by atoms with Crippen LogP contribution >= 0.6 is 0 Å². The van der Waals surface area contributed by atoms with Crippen LogP contribution in [0, 0.1) is 12.7 Å². The molecule has 6 nitrogen and oxygen atoms in total. The summed E-state index contributed by atoms with van der Waals surface area (Å²) >= 11 is 0. The number of nitrogens with two attached hydrogens (primary N) is 1. The minimum Gasteiger partial charge on any atom is -0.368 e. The monoisotopic (exact) mass is 294 g/mol. The molecule has 1 heterocycles. The van der Waals surface area contributed by atoms with E-state index in [9.17, 15) is 14.0 Å². The maximum atomic E-state index is 13.4. The quantitative estimate of drug-likeness (QED) is 0.719. The summed E-state index contributed by atoms with van der Waals surface area (Å²) in [5.41, 5.74) is 6.24. The smallest absolute Gasteiger partial charge is 0.238 e. The van der Waals surface area contributed by atoms with Gasteiger partial charge >= 0.3 is 0 Å². The first-order valence-electron chi connectivity index (χ1n) is 6.77. The first kappa shape index (κ1) is 15.4. The van der Waals surface area contributed by atoms with Gasteiger partial charge in [-0.2, -0.15) is 0 Å². The Morgan fingerprint density at radius 3 is 2.95 bits per heavy atom. The van der Waals surface area contributed by atoms with Gasteiger partial charge in [0.1, 0.15) is 11.9 Å². The Morgan fingerprint density at radius 1 is 1.52 bits per heavy atom. The van der Waals surface area contributed by atoms with Gasteiger partial charge in [-0.1, -0.05) is 6.07 Å². The summed E-state index contributed by atoms with van der Waals surface area (Å²) in [5.74, 6) is -1.13. The van der Waals surface area contributed by atoms with Crippen LogP contribution in [0.2, 0.25) is 0 Å². The minimum absolute atomic E-state index is 0.0464. The number of rotatable bonds is 4. The molecule has 1 aromatic carbocycles. The Balaban J connectivity index is 1.97. The lowest BCUT2D eigenvalue weighted by atomic mass is 10.1. The van der Waals surface area contributed by atoms with E-state index < -0.39 is 11.9 Å². The lowest BCUT2D eigenvalue weighted by Gasteiger charge is -2.33. The lowest BCUT2D eigenvalue weighted by molar-refractivity contribution is -0.125. The number of carbonyl (C=O) groups excluding carboxylic acids is 2. The van der Waals surface area contributed by atoms with Crippen molar-refractivity contribution in [3.8, 4) is 0 Å². The van der Waals surface area contributed by atoms with Gasteiger partial charge in [0, 0.05) is 25.3 Å². The molecule has 0 bridgehead atoms. The van der Waals surface area contributed by atoms with E-state index in [-0.39, 0.29) is 18.3 Å². The summed E-state index contributed by atoms with van der Waals surface area (Å²) in [4.78, 5) is 25.1. The number of hydrogen-bond acceptors (Lipinski definition) is 4. The van der Waals surface area contributed by atoms with Crippen LogP contribution in [0.15, 0.2) is 18.2 Å². The Bertz CT molecular complexity index is 550. The molecule has 1 unspecified atom stereocenters. The Morgan fingerprint density at radius 2 is 2.29 bits per heavy atom. The third-order valence-electron chi connectivity index (χ3n) is 3.48. The molecule has 114 valence electrons. The third kappa shape index (κ3) is 3.99. The first-order valence-corrected chi connectivity index (χ1v) is 6.77. The van der Waals surface area contributed by atoms with Crippen LogP contribution in [-0.2, 0) is 9.59 Å². The molecule has 0 spiro atoms. The molecule has 0 aliphatic carbocycles. The summed E-state index contributed by atoms with van der Waals surface area (Å²) in [6.45, 7) is 3.38. The summed E-state index contributed by atoms with van der Waals surface area (Å²) in [6.07, 6.45) is 0. The van der Waals surface area contributed by atoms with Crippen molar-refractivity contribution in [2.24, 2.45) is 5.73 Å². The number of piperazine rings is 1. The Labute approximate surface area is 122 Å². The number of nitrogens with one attached hydrogen (secondary N) is 2. The Hall–Kier alpha value is -1.99. The van der Waals surface area contributed by atoms with Crippen molar-refractivity contribution < 1.29 is 14.0 Å². The van der Waals surface area contributed by atoms with Gasteiger partial charge in [0.25, 0.3) is 0 Å². The zero-order chi connectivity index (χ0) is 15.4. The van der Waals surface area contributed by atoms with Crippen molar-refractivity contribution in [3.05, 3.63) is 29.6 Å². The van der Waals surface area contributed by atoms with Crippen molar-refractivity contribution in [1.82, 2.24) is 10.2 Å². The second-order valence-electron chi connectivity index (χ2n) is 5.10. The van der Waals surface area contributed by atoms with Crippen LogP contribution in [-0.4, -0.2) is 48.9 Å². The number of primary amides is 1. The number of anilines is 1. The molecule has 1 saturated heterocycles. The van der Waals surface area contributed by atoms with Gasteiger partial charge in [0.05, 0.1) is 6.54 Å². The van der Waals surface area contributed by atoms with Crippen molar-refractivity contribution in [2.45, 2.75) is 13.0 Å². The van der Waals surface area contributed by atoms with Gasteiger partial charge < -0.3 is 16.4 Å². The zero-order valence-electron chi connectivity index (χ0n) is 11.9. The van der Waals surface area contributed by atoms with Crippen LogP contribution in [0.5, 0.6) is 0 Å². The predicted octanol–water partition coefficient (Wildman–Crippen LogP) is -0.168. The second kappa shape index (κ2) is 6.64. The van der Waals surface area contributed by atoms with Gasteiger partial charge in [0.15, 0.2) is 0 Å². The van der Waals surface area contributed by atoms with E-state index in [0.29, 0.717) is 30.9 Å². The molecule has 0 radical (unpaired) electrons. The van der Waals surface area contributed by atoms with Gasteiger partial charge in [-0.3, -0.25) is 14.5 Å². The summed E-state index contributed by atoms with van der Waals surface area (Å²) in [6, 6.07) is 4.01. The highest BCUT2D eigenvalue weighted by atomic mass is 19.1. The average Bonchev–Trinajstić information content (AvgIpc) is 2.43. The number of benzene rings is 1. The molecular formula is C14H19FN4O2. The standard InChI is InChI=1S/C14H19FN4O2/c1-9-2-3-10(6-11(9)15)18-13(20)8-19-5-4-17-7-12(19)14(16)21/h2-3,6,12,17H,4-5,7-8H2,1H3,(H2,16,21)(H,18,20). The highest BCUT2D eigenvalue weighted by Crippen LogP contribution is 2.13. The Kier molecular flexibility index (Phi) is 4.87. The summed E-state index contributed by atoms with van der Waals surface area (Å²) in [5, 5.41) is 5.68. The van der Waals surface area contributed by atoms with Crippen molar-refractivity contribution in [2.75, 3.05) is 31.5 Å². The SMILES string of the molecule is Cc1ccc(NC(=O)CN2CCNCC2C(N)=O)cc1F. The number of carbonyl (C=O) groups is 2. The van der Waals surface area contributed by atoms with Crippen LogP contribution in [0.4, 0.5) is 10.1 Å². The molecule has 21 heavy (non-hydrogen) atoms. The van der Waals surface area contributed by atoms with Gasteiger partial charge in [-0.25, -0.2) is 4.39 Å². The van der Waals surface area contributed by atoms with E-state index in [4.69, 9.17) is 5.73 Å². The molecule has 0 aromatic heterocycles. The van der Waals surface area contributed by atoms with Crippen molar-refractivity contribution in [1.29, 1.82) is 0 Å². The summed E-state index contributed by atoms with van der Waals surface area (Å²) in [7, 11) is 0. The average molecular weight is 294 g/mol. The number of halogens is 1. The van der Waals surface area contributed by atoms with Crippen LogP contribution < -0.4 is 16.4 Å². The molecule has 4 N–H and O–H groups in total. The minimum atomic E-state index is -0.501. The van der Waals surface area contributed by atoms with E-state index >= 15 is 0 Å². The number of nitrogens with zero attached hydrogens (tertiary/aromatic N) is 1. The van der Waals surface area contributed by atoms with Gasteiger partial charge in [-0.05, 0) is 24.6 Å². The molecule has 7 heteroatoms. The van der Waals surface area contributed by atoms with Crippen molar-refractivity contribution >= 4 is 17.5 Å². The topological polar surface area (TPSA) is 87.5 Å². The number of amides is 2. The van der Waals surface area contributed by atoms with E-state index in [1.807, 2.05) is 0 Å². The van der Waals surface area contributed by atoms with Crippen LogP contribution in [0.3, 0.4) is 0 Å². The molecule has 1 aromatic rings. The fourth-order valence-corrected chi connectivity index (χ4v) is 2.27. The highest BCUT2D eigenvalue weighted by molar-refractivity contribution is 5.92. The number of hydrogen-bond donors (Lipinski definition) is 3. The van der Waals surface area contributed by atoms with E-state index in [1.54, 1.807) is 24.0 Å². The van der Waals surface area contributed by atoms with E-state index in [0.717, 1.165) is 0 Å². The molecule has 1 fully saturated rings.